The summed E-state index contributed by atoms with van der Waals surface area (Å²) in [6, 6.07) is 5.90. The predicted octanol–water partition coefficient (Wildman–Crippen LogP) is 2.06. The molecule has 0 spiro atoms. The lowest BCUT2D eigenvalue weighted by Crippen LogP contribution is -2.35. The maximum Gasteiger partial charge on any atom is 0.163 e. The van der Waals surface area contributed by atoms with Crippen molar-refractivity contribution in [3.63, 3.8) is 0 Å². The predicted molar refractivity (Wildman–Crippen MR) is 82.0 cm³/mol. The van der Waals surface area contributed by atoms with Gasteiger partial charge in [0.05, 0.1) is 0 Å². The third-order valence-electron chi connectivity index (χ3n) is 3.96. The van der Waals surface area contributed by atoms with Gasteiger partial charge in [0.2, 0.25) is 0 Å². The van der Waals surface area contributed by atoms with Gasteiger partial charge in [0, 0.05) is 49.4 Å². The Morgan fingerprint density at radius 1 is 1.29 bits per heavy atom. The van der Waals surface area contributed by atoms with Crippen LogP contribution in [0.4, 0.5) is 5.82 Å². The summed E-state index contributed by atoms with van der Waals surface area (Å²) in [7, 11) is 0. The summed E-state index contributed by atoms with van der Waals surface area (Å²) in [6.45, 7) is 4.16. The van der Waals surface area contributed by atoms with Crippen LogP contribution >= 0.6 is 0 Å². The first-order chi connectivity index (χ1) is 10.3. The van der Waals surface area contributed by atoms with Crippen LogP contribution in [-0.2, 0) is 0 Å². The van der Waals surface area contributed by atoms with E-state index in [2.05, 4.69) is 14.9 Å². The summed E-state index contributed by atoms with van der Waals surface area (Å²) >= 11 is 0. The van der Waals surface area contributed by atoms with Gasteiger partial charge >= 0.3 is 0 Å². The second kappa shape index (κ2) is 6.18. The zero-order valence-electron chi connectivity index (χ0n) is 12.2. The van der Waals surface area contributed by atoms with Crippen molar-refractivity contribution in [2.24, 2.45) is 5.92 Å². The van der Waals surface area contributed by atoms with Crippen molar-refractivity contribution in [2.45, 2.75) is 19.8 Å². The van der Waals surface area contributed by atoms with Crippen LogP contribution in [0, 0.1) is 12.8 Å². The van der Waals surface area contributed by atoms with Crippen molar-refractivity contribution in [1.82, 2.24) is 15.0 Å². The summed E-state index contributed by atoms with van der Waals surface area (Å²) in [4.78, 5) is 15.6. The lowest BCUT2D eigenvalue weighted by atomic mass is 9.98. The van der Waals surface area contributed by atoms with Gasteiger partial charge < -0.3 is 10.0 Å². The Labute approximate surface area is 124 Å². The molecule has 0 atom stereocenters. The standard InChI is InChI=1S/C16H20N4O/c1-12-9-15(20-7-4-13(11-21)5-8-20)19-16(18-12)14-3-2-6-17-10-14/h2-3,6,9-10,13,21H,4-5,7-8,11H2,1H3. The zero-order valence-corrected chi connectivity index (χ0v) is 12.2. The highest BCUT2D eigenvalue weighted by Crippen LogP contribution is 2.24. The quantitative estimate of drug-likeness (QED) is 0.934. The molecule has 21 heavy (non-hydrogen) atoms. The minimum Gasteiger partial charge on any atom is -0.396 e. The first-order valence-electron chi connectivity index (χ1n) is 7.38. The van der Waals surface area contributed by atoms with Crippen molar-refractivity contribution in [1.29, 1.82) is 0 Å². The number of nitrogens with zero attached hydrogens (tertiary/aromatic N) is 4. The van der Waals surface area contributed by atoms with Crippen LogP contribution in [0.1, 0.15) is 18.5 Å². The molecule has 0 unspecified atom stereocenters. The molecule has 110 valence electrons. The number of aliphatic hydroxyl groups excluding tert-OH is 1. The molecule has 0 saturated carbocycles. The maximum atomic E-state index is 9.23. The van der Waals surface area contributed by atoms with Crippen LogP contribution in [0.15, 0.2) is 30.6 Å². The topological polar surface area (TPSA) is 62.1 Å². The average Bonchev–Trinajstić information content (AvgIpc) is 2.55. The number of rotatable bonds is 3. The Morgan fingerprint density at radius 2 is 2.10 bits per heavy atom. The Kier molecular flexibility index (Phi) is 4.10. The number of aliphatic hydroxyl groups is 1. The van der Waals surface area contributed by atoms with E-state index in [9.17, 15) is 5.11 Å². The fourth-order valence-electron chi connectivity index (χ4n) is 2.68. The van der Waals surface area contributed by atoms with E-state index in [-0.39, 0.29) is 6.61 Å². The number of hydrogen-bond donors (Lipinski definition) is 1. The molecule has 0 aromatic carbocycles. The summed E-state index contributed by atoms with van der Waals surface area (Å²) in [5.74, 6) is 2.13. The molecule has 0 radical (unpaired) electrons. The molecule has 3 heterocycles. The molecule has 3 rings (SSSR count). The van der Waals surface area contributed by atoms with Crippen LogP contribution in [0.2, 0.25) is 0 Å². The van der Waals surface area contributed by atoms with Crippen LogP contribution in [-0.4, -0.2) is 39.8 Å². The normalized spacial score (nSPS) is 16.2. The molecule has 5 nitrogen and oxygen atoms in total. The molecule has 1 aliphatic heterocycles. The molecule has 1 fully saturated rings. The minimum atomic E-state index is 0.289. The SMILES string of the molecule is Cc1cc(N2CCC(CO)CC2)nc(-c2cccnc2)n1. The smallest absolute Gasteiger partial charge is 0.163 e. The van der Waals surface area contributed by atoms with Crippen LogP contribution in [0.3, 0.4) is 0 Å². The van der Waals surface area contributed by atoms with Gasteiger partial charge in [0.1, 0.15) is 5.82 Å². The molecule has 0 bridgehead atoms. The van der Waals surface area contributed by atoms with E-state index in [0.717, 1.165) is 48.8 Å². The maximum absolute atomic E-state index is 9.23. The highest BCUT2D eigenvalue weighted by atomic mass is 16.3. The van der Waals surface area contributed by atoms with E-state index in [0.29, 0.717) is 5.92 Å². The van der Waals surface area contributed by atoms with Gasteiger partial charge in [-0.2, -0.15) is 0 Å². The third kappa shape index (κ3) is 3.19. The average molecular weight is 284 g/mol. The third-order valence-corrected chi connectivity index (χ3v) is 3.96. The first-order valence-corrected chi connectivity index (χ1v) is 7.38. The highest BCUT2D eigenvalue weighted by molar-refractivity contribution is 5.56. The van der Waals surface area contributed by atoms with Crippen molar-refractivity contribution < 1.29 is 5.11 Å². The zero-order chi connectivity index (χ0) is 14.7. The van der Waals surface area contributed by atoms with Crippen LogP contribution in [0.25, 0.3) is 11.4 Å². The first kappa shape index (κ1) is 13.9. The van der Waals surface area contributed by atoms with E-state index >= 15 is 0 Å². The van der Waals surface area contributed by atoms with E-state index in [4.69, 9.17) is 4.98 Å². The molecule has 0 aliphatic carbocycles. The van der Waals surface area contributed by atoms with Crippen molar-refractivity contribution >= 4 is 5.82 Å². The Balaban J connectivity index is 1.85. The lowest BCUT2D eigenvalue weighted by Gasteiger charge is -2.32. The lowest BCUT2D eigenvalue weighted by molar-refractivity contribution is 0.203. The van der Waals surface area contributed by atoms with Gasteiger partial charge in [-0.15, -0.1) is 0 Å². The summed E-state index contributed by atoms with van der Waals surface area (Å²) < 4.78 is 0. The number of aryl methyl sites for hydroxylation is 1. The molecular weight excluding hydrogens is 264 g/mol. The molecular formula is C16H20N4O. The second-order valence-corrected chi connectivity index (χ2v) is 5.55. The van der Waals surface area contributed by atoms with E-state index in [1.54, 1.807) is 12.4 Å². The van der Waals surface area contributed by atoms with Crippen LogP contribution in [0.5, 0.6) is 0 Å². The number of aromatic nitrogens is 3. The molecule has 5 heteroatoms. The summed E-state index contributed by atoms with van der Waals surface area (Å²) in [5.41, 5.74) is 1.90. The second-order valence-electron chi connectivity index (χ2n) is 5.55. The van der Waals surface area contributed by atoms with Gasteiger partial charge in [0.15, 0.2) is 5.82 Å². The van der Waals surface area contributed by atoms with Gasteiger partial charge in [-0.05, 0) is 37.8 Å². The highest BCUT2D eigenvalue weighted by Gasteiger charge is 2.20. The van der Waals surface area contributed by atoms with E-state index in [1.165, 1.54) is 0 Å². The van der Waals surface area contributed by atoms with Gasteiger partial charge in [-0.25, -0.2) is 9.97 Å². The largest absolute Gasteiger partial charge is 0.396 e. The fourth-order valence-corrected chi connectivity index (χ4v) is 2.68. The van der Waals surface area contributed by atoms with Gasteiger partial charge in [-0.1, -0.05) is 0 Å². The Bertz CT molecular complexity index is 594. The number of piperidine rings is 1. The van der Waals surface area contributed by atoms with Crippen molar-refractivity contribution in [3.8, 4) is 11.4 Å². The molecule has 0 amide bonds. The van der Waals surface area contributed by atoms with Gasteiger partial charge in [0.25, 0.3) is 0 Å². The Morgan fingerprint density at radius 3 is 2.76 bits per heavy atom. The fraction of sp³-hybridized carbons (Fsp3) is 0.438. The summed E-state index contributed by atoms with van der Waals surface area (Å²) in [6.07, 6.45) is 5.57. The van der Waals surface area contributed by atoms with Crippen molar-refractivity contribution in [2.75, 3.05) is 24.6 Å². The Hall–Kier alpha value is -2.01. The summed E-state index contributed by atoms with van der Waals surface area (Å²) in [5, 5.41) is 9.23. The number of hydrogen-bond acceptors (Lipinski definition) is 5. The van der Waals surface area contributed by atoms with E-state index < -0.39 is 0 Å². The molecule has 2 aromatic heterocycles. The monoisotopic (exact) mass is 284 g/mol. The van der Waals surface area contributed by atoms with E-state index in [1.807, 2.05) is 25.1 Å². The molecule has 2 aromatic rings. The van der Waals surface area contributed by atoms with Gasteiger partial charge in [-0.3, -0.25) is 4.98 Å². The number of pyridine rings is 1. The number of anilines is 1. The molecule has 1 N–H and O–H groups in total. The van der Waals surface area contributed by atoms with Crippen molar-refractivity contribution in [3.05, 3.63) is 36.3 Å². The molecule has 1 saturated heterocycles. The van der Waals surface area contributed by atoms with Crippen LogP contribution < -0.4 is 4.90 Å². The minimum absolute atomic E-state index is 0.289. The molecule has 1 aliphatic rings.